The van der Waals surface area contributed by atoms with Crippen LogP contribution in [0.5, 0.6) is 0 Å². The maximum Gasteiger partial charge on any atom is 0.341 e. The van der Waals surface area contributed by atoms with Gasteiger partial charge in [-0.2, -0.15) is 10.2 Å². The fourth-order valence-corrected chi connectivity index (χ4v) is 4.04. The predicted molar refractivity (Wildman–Crippen MR) is 111 cm³/mol. The second kappa shape index (κ2) is 8.28. The molecule has 0 aliphatic carbocycles. The van der Waals surface area contributed by atoms with Crippen LogP contribution in [0.2, 0.25) is 5.02 Å². The number of primary amides is 1. The van der Waals surface area contributed by atoms with E-state index in [9.17, 15) is 14.4 Å². The number of ether oxygens (including phenoxy) is 1. The first kappa shape index (κ1) is 21.5. The molecule has 0 fully saturated rings. The van der Waals surface area contributed by atoms with Gasteiger partial charge in [0.15, 0.2) is 5.69 Å². The summed E-state index contributed by atoms with van der Waals surface area (Å²) in [5, 5.41) is 11.9. The maximum atomic E-state index is 12.7. The summed E-state index contributed by atoms with van der Waals surface area (Å²) < 4.78 is 7.95. The highest BCUT2D eigenvalue weighted by Crippen LogP contribution is 2.33. The Morgan fingerprint density at radius 1 is 1.27 bits per heavy atom. The van der Waals surface area contributed by atoms with Crippen LogP contribution >= 0.6 is 22.9 Å². The first-order chi connectivity index (χ1) is 14.1. The number of carbonyl (C=O) groups is 3. The Morgan fingerprint density at radius 2 is 1.97 bits per heavy atom. The summed E-state index contributed by atoms with van der Waals surface area (Å²) in [6, 6.07) is 1.52. The smallest absolute Gasteiger partial charge is 0.341 e. The van der Waals surface area contributed by atoms with Crippen molar-refractivity contribution in [3.8, 4) is 0 Å². The minimum Gasteiger partial charge on any atom is -0.465 e. The van der Waals surface area contributed by atoms with Gasteiger partial charge in [-0.1, -0.05) is 11.6 Å². The van der Waals surface area contributed by atoms with Crippen LogP contribution in [0.25, 0.3) is 0 Å². The Balaban J connectivity index is 1.83. The number of rotatable bonds is 6. The summed E-state index contributed by atoms with van der Waals surface area (Å²) in [6.45, 7) is 5.47. The molecule has 0 saturated carbocycles. The number of nitrogens with two attached hydrogens (primary N) is 1. The first-order valence-electron chi connectivity index (χ1n) is 8.69. The molecule has 10 nitrogen and oxygen atoms in total. The van der Waals surface area contributed by atoms with Gasteiger partial charge in [0.25, 0.3) is 11.8 Å². The SMILES string of the molecule is COC(=O)c1c(NC(=O)c2ccn(Cn3nc(C)c(Cl)c3C)n2)sc(C(N)=O)c1C. The fourth-order valence-electron chi connectivity index (χ4n) is 2.86. The third kappa shape index (κ3) is 3.94. The summed E-state index contributed by atoms with van der Waals surface area (Å²) in [4.78, 5) is 36.6. The normalized spacial score (nSPS) is 10.8. The van der Waals surface area contributed by atoms with E-state index in [4.69, 9.17) is 22.1 Å². The summed E-state index contributed by atoms with van der Waals surface area (Å²) in [5.74, 6) is -1.93. The van der Waals surface area contributed by atoms with Crippen molar-refractivity contribution in [2.75, 3.05) is 12.4 Å². The summed E-state index contributed by atoms with van der Waals surface area (Å²) in [5.41, 5.74) is 7.39. The van der Waals surface area contributed by atoms with Crippen LogP contribution in [0, 0.1) is 20.8 Å². The van der Waals surface area contributed by atoms with E-state index in [-0.39, 0.29) is 27.8 Å². The average molecular weight is 451 g/mol. The van der Waals surface area contributed by atoms with Crippen molar-refractivity contribution in [3.05, 3.63) is 50.4 Å². The van der Waals surface area contributed by atoms with Crippen molar-refractivity contribution in [1.82, 2.24) is 19.6 Å². The molecule has 30 heavy (non-hydrogen) atoms. The summed E-state index contributed by atoms with van der Waals surface area (Å²) >= 11 is 7.06. The molecule has 0 atom stereocenters. The summed E-state index contributed by atoms with van der Waals surface area (Å²) in [6.07, 6.45) is 1.62. The molecule has 3 heterocycles. The molecular formula is C18H19ClN6O4S. The molecule has 0 radical (unpaired) electrons. The molecule has 0 aromatic carbocycles. The lowest BCUT2D eigenvalue weighted by Crippen LogP contribution is -2.16. The molecule has 0 spiro atoms. The Morgan fingerprint density at radius 3 is 2.53 bits per heavy atom. The molecular weight excluding hydrogens is 432 g/mol. The molecule has 3 N–H and O–H groups in total. The molecule has 0 aliphatic heterocycles. The topological polar surface area (TPSA) is 134 Å². The maximum absolute atomic E-state index is 12.7. The number of nitrogens with one attached hydrogen (secondary N) is 1. The number of amides is 2. The van der Waals surface area contributed by atoms with Gasteiger partial charge in [0.1, 0.15) is 11.7 Å². The van der Waals surface area contributed by atoms with Crippen LogP contribution in [0.4, 0.5) is 5.00 Å². The highest BCUT2D eigenvalue weighted by atomic mass is 35.5. The van der Waals surface area contributed by atoms with Crippen LogP contribution in [0.3, 0.4) is 0 Å². The van der Waals surface area contributed by atoms with E-state index in [0.717, 1.165) is 17.0 Å². The molecule has 12 heteroatoms. The number of thiophene rings is 1. The quantitative estimate of drug-likeness (QED) is 0.553. The number of esters is 1. The number of halogens is 1. The Labute approximate surface area is 180 Å². The number of nitrogens with zero attached hydrogens (tertiary/aromatic N) is 4. The molecule has 3 aromatic heterocycles. The number of hydrogen-bond donors (Lipinski definition) is 2. The zero-order chi connectivity index (χ0) is 22.2. The van der Waals surface area contributed by atoms with Crippen molar-refractivity contribution in [3.63, 3.8) is 0 Å². The van der Waals surface area contributed by atoms with Gasteiger partial charge in [0.05, 0.1) is 34.0 Å². The number of carbonyl (C=O) groups excluding carboxylic acids is 3. The zero-order valence-corrected chi connectivity index (χ0v) is 18.2. The highest BCUT2D eigenvalue weighted by Gasteiger charge is 2.26. The monoisotopic (exact) mass is 450 g/mol. The lowest BCUT2D eigenvalue weighted by Gasteiger charge is -2.05. The van der Waals surface area contributed by atoms with Crippen LogP contribution < -0.4 is 11.1 Å². The van der Waals surface area contributed by atoms with E-state index >= 15 is 0 Å². The van der Waals surface area contributed by atoms with Gasteiger partial charge in [-0.05, 0) is 32.4 Å². The van der Waals surface area contributed by atoms with E-state index in [0.29, 0.717) is 16.3 Å². The molecule has 3 rings (SSSR count). The number of anilines is 1. The molecule has 0 aliphatic rings. The third-order valence-electron chi connectivity index (χ3n) is 4.43. The first-order valence-corrected chi connectivity index (χ1v) is 9.89. The zero-order valence-electron chi connectivity index (χ0n) is 16.6. The molecule has 158 valence electrons. The number of methoxy groups -OCH3 is 1. The summed E-state index contributed by atoms with van der Waals surface area (Å²) in [7, 11) is 1.21. The lowest BCUT2D eigenvalue weighted by molar-refractivity contribution is 0.0601. The second-order valence-electron chi connectivity index (χ2n) is 6.44. The molecule has 2 amide bonds. The minimum atomic E-state index is -0.698. The number of aromatic nitrogens is 4. The van der Waals surface area contributed by atoms with E-state index in [1.165, 1.54) is 17.9 Å². The standard InChI is InChI=1S/C18H19ClN6O4S/c1-8-12(18(28)29-4)17(30-14(8)15(20)26)21-16(27)11-5-6-24(23-11)7-25-10(3)13(19)9(2)22-25/h5-6H,7H2,1-4H3,(H2,20,26)(H,21,27). The van der Waals surface area contributed by atoms with Crippen molar-refractivity contribution in [1.29, 1.82) is 0 Å². The van der Waals surface area contributed by atoms with Crippen molar-refractivity contribution >= 4 is 45.7 Å². The molecule has 0 unspecified atom stereocenters. The van der Waals surface area contributed by atoms with Crippen molar-refractivity contribution < 1.29 is 19.1 Å². The van der Waals surface area contributed by atoms with Crippen LogP contribution in [0.1, 0.15) is 47.5 Å². The van der Waals surface area contributed by atoms with Gasteiger partial charge in [-0.25, -0.2) is 9.48 Å². The van der Waals surface area contributed by atoms with Gasteiger partial charge in [0, 0.05) is 6.20 Å². The third-order valence-corrected chi connectivity index (χ3v) is 6.20. The predicted octanol–water partition coefficient (Wildman–Crippen LogP) is 2.36. The largest absolute Gasteiger partial charge is 0.465 e. The van der Waals surface area contributed by atoms with E-state index in [1.807, 2.05) is 6.92 Å². The van der Waals surface area contributed by atoms with Crippen molar-refractivity contribution in [2.24, 2.45) is 5.73 Å². The van der Waals surface area contributed by atoms with Crippen molar-refractivity contribution in [2.45, 2.75) is 27.4 Å². The van der Waals surface area contributed by atoms with Crippen LogP contribution in [-0.4, -0.2) is 44.5 Å². The number of hydrogen-bond acceptors (Lipinski definition) is 7. The molecule has 0 saturated heterocycles. The van der Waals surface area contributed by atoms with Gasteiger partial charge in [0.2, 0.25) is 0 Å². The second-order valence-corrected chi connectivity index (χ2v) is 7.84. The Kier molecular flexibility index (Phi) is 5.94. The minimum absolute atomic E-state index is 0.0846. The van der Waals surface area contributed by atoms with Gasteiger partial charge in [-0.3, -0.25) is 14.3 Å². The average Bonchev–Trinajstić information content (AvgIpc) is 3.35. The fraction of sp³-hybridized carbons (Fsp3) is 0.278. The Bertz CT molecular complexity index is 1160. The molecule has 3 aromatic rings. The van der Waals surface area contributed by atoms with E-state index in [2.05, 4.69) is 15.5 Å². The highest BCUT2D eigenvalue weighted by molar-refractivity contribution is 7.18. The number of aryl methyl sites for hydroxylation is 1. The van der Waals surface area contributed by atoms with E-state index in [1.54, 1.807) is 24.7 Å². The van der Waals surface area contributed by atoms with E-state index < -0.39 is 17.8 Å². The van der Waals surface area contributed by atoms with Crippen LogP contribution in [-0.2, 0) is 11.4 Å². The van der Waals surface area contributed by atoms with Gasteiger partial charge in [-0.15, -0.1) is 11.3 Å². The van der Waals surface area contributed by atoms with Crippen LogP contribution in [0.15, 0.2) is 12.3 Å². The Hall–Kier alpha value is -3.18. The molecule has 0 bridgehead atoms. The lowest BCUT2D eigenvalue weighted by atomic mass is 10.1. The van der Waals surface area contributed by atoms with Gasteiger partial charge < -0.3 is 15.8 Å². The van der Waals surface area contributed by atoms with Gasteiger partial charge >= 0.3 is 5.97 Å².